The number of hydrogen-bond acceptors (Lipinski definition) is 8. The normalized spacial score (nSPS) is 19.7. The predicted octanol–water partition coefficient (Wildman–Crippen LogP) is 4.23. The van der Waals surface area contributed by atoms with Crippen molar-refractivity contribution >= 4 is 5.97 Å². The Balaban J connectivity index is 2.56. The van der Waals surface area contributed by atoms with E-state index in [4.69, 9.17) is 23.7 Å². The molecule has 8 heteroatoms. The zero-order chi connectivity index (χ0) is 23.7. The molecule has 0 saturated heterocycles. The van der Waals surface area contributed by atoms with Gasteiger partial charge in [0, 0.05) is 29.5 Å². The molecule has 0 bridgehead atoms. The monoisotopic (exact) mass is 446 g/mol. The van der Waals surface area contributed by atoms with Gasteiger partial charge in [-0.2, -0.15) is 0 Å². The van der Waals surface area contributed by atoms with Crippen LogP contribution in [0.5, 0.6) is 34.5 Å². The number of phenolic OH excluding ortho intramolecular Hbond substituents is 2. The van der Waals surface area contributed by atoms with Crippen LogP contribution in [0.25, 0.3) is 11.1 Å². The second-order valence-electron chi connectivity index (χ2n) is 7.99. The average molecular weight is 446 g/mol. The number of phenols is 2. The number of ether oxygens (including phenoxy) is 5. The van der Waals surface area contributed by atoms with Crippen LogP contribution in [0, 0.1) is 11.8 Å². The van der Waals surface area contributed by atoms with E-state index in [-0.39, 0.29) is 40.6 Å². The molecule has 174 valence electrons. The maximum atomic E-state index is 12.0. The summed E-state index contributed by atoms with van der Waals surface area (Å²) in [7, 11) is 5.81. The highest BCUT2D eigenvalue weighted by Gasteiger charge is 2.38. The molecule has 0 heterocycles. The van der Waals surface area contributed by atoms with E-state index in [0.29, 0.717) is 28.9 Å². The van der Waals surface area contributed by atoms with Crippen LogP contribution in [0.4, 0.5) is 0 Å². The van der Waals surface area contributed by atoms with Crippen LogP contribution in [0.3, 0.4) is 0 Å². The first-order valence-electron chi connectivity index (χ1n) is 10.3. The summed E-state index contributed by atoms with van der Waals surface area (Å²) in [5.41, 5.74) is 2.50. The van der Waals surface area contributed by atoms with Gasteiger partial charge in [-0.1, -0.05) is 13.8 Å². The Labute approximate surface area is 187 Å². The van der Waals surface area contributed by atoms with Crippen molar-refractivity contribution in [2.24, 2.45) is 11.8 Å². The molecule has 3 rings (SSSR count). The molecule has 1 aliphatic rings. The van der Waals surface area contributed by atoms with Gasteiger partial charge in [-0.25, -0.2) is 0 Å². The first-order chi connectivity index (χ1) is 15.2. The number of hydrogen-bond donors (Lipinski definition) is 2. The molecule has 0 radical (unpaired) electrons. The molecule has 3 atom stereocenters. The first-order valence-corrected chi connectivity index (χ1v) is 10.3. The van der Waals surface area contributed by atoms with Crippen molar-refractivity contribution in [3.05, 3.63) is 23.3 Å². The van der Waals surface area contributed by atoms with Gasteiger partial charge in [-0.05, 0) is 30.0 Å². The van der Waals surface area contributed by atoms with Gasteiger partial charge in [0.2, 0.25) is 11.5 Å². The number of fused-ring (bicyclic) bond motifs is 3. The summed E-state index contributed by atoms with van der Waals surface area (Å²) in [5, 5.41) is 21.3. The van der Waals surface area contributed by atoms with Crippen molar-refractivity contribution in [2.75, 3.05) is 28.4 Å². The Bertz CT molecular complexity index is 1030. The SMILES string of the molecule is COc1c(O)cc2c(c1OC)-c1c(cc(O)c(OC)c1OC)[C@H](OC(C)=O)C(C)[C@@H](C)C2. The summed E-state index contributed by atoms with van der Waals surface area (Å²) in [6, 6.07) is 3.18. The first kappa shape index (κ1) is 23.4. The van der Waals surface area contributed by atoms with Crippen molar-refractivity contribution in [3.8, 4) is 45.6 Å². The van der Waals surface area contributed by atoms with E-state index in [1.807, 2.05) is 13.8 Å². The fourth-order valence-electron chi connectivity index (χ4n) is 4.49. The summed E-state index contributed by atoms with van der Waals surface area (Å²) in [5.74, 6) is 0.165. The van der Waals surface area contributed by atoms with Crippen LogP contribution in [0.1, 0.15) is 38.0 Å². The van der Waals surface area contributed by atoms with Crippen LogP contribution in [-0.4, -0.2) is 44.6 Å². The molecule has 8 nitrogen and oxygen atoms in total. The van der Waals surface area contributed by atoms with Gasteiger partial charge in [0.05, 0.1) is 28.4 Å². The van der Waals surface area contributed by atoms with E-state index in [0.717, 1.165) is 5.56 Å². The standard InChI is InChI=1S/C24H30O8/c1-11-8-14-9-16(26)21(28-4)23(30-6)18(14)19-15(20(12(11)2)32-13(3)25)10-17(27)22(29-5)24(19)31-7/h9-12,20,26-27H,8H2,1-7H3/t11-,12?,20+/m0/s1. The fraction of sp³-hybridized carbons (Fsp3) is 0.458. The third-order valence-corrected chi connectivity index (χ3v) is 6.13. The number of esters is 1. The minimum atomic E-state index is -0.666. The molecular weight excluding hydrogens is 416 g/mol. The van der Waals surface area contributed by atoms with Gasteiger partial charge in [-0.15, -0.1) is 0 Å². The molecule has 0 spiro atoms. The zero-order valence-electron chi connectivity index (χ0n) is 19.4. The molecule has 0 saturated carbocycles. The lowest BCUT2D eigenvalue weighted by molar-refractivity contribution is -0.150. The molecule has 2 N–H and O–H groups in total. The summed E-state index contributed by atoms with van der Waals surface area (Å²) in [6.45, 7) is 5.39. The van der Waals surface area contributed by atoms with E-state index < -0.39 is 12.1 Å². The maximum Gasteiger partial charge on any atom is 0.303 e. The van der Waals surface area contributed by atoms with Crippen molar-refractivity contribution < 1.29 is 38.7 Å². The highest BCUT2D eigenvalue weighted by Crippen LogP contribution is 2.57. The highest BCUT2D eigenvalue weighted by atomic mass is 16.5. The second kappa shape index (κ2) is 9.06. The van der Waals surface area contributed by atoms with Gasteiger partial charge < -0.3 is 33.9 Å². The van der Waals surface area contributed by atoms with E-state index in [2.05, 4.69) is 0 Å². The number of benzene rings is 2. The van der Waals surface area contributed by atoms with Gasteiger partial charge >= 0.3 is 5.97 Å². The molecule has 0 aromatic heterocycles. The van der Waals surface area contributed by atoms with Gasteiger partial charge in [0.25, 0.3) is 0 Å². The lowest BCUT2D eigenvalue weighted by Crippen LogP contribution is -2.26. The minimum Gasteiger partial charge on any atom is -0.504 e. The smallest absolute Gasteiger partial charge is 0.303 e. The molecule has 1 unspecified atom stereocenters. The summed E-state index contributed by atoms with van der Waals surface area (Å²) in [6.07, 6.45) is -0.102. The Morgan fingerprint density at radius 1 is 0.844 bits per heavy atom. The van der Waals surface area contributed by atoms with Crippen molar-refractivity contribution in [1.82, 2.24) is 0 Å². The maximum absolute atomic E-state index is 12.0. The highest BCUT2D eigenvalue weighted by molar-refractivity contribution is 5.88. The van der Waals surface area contributed by atoms with Gasteiger partial charge in [-0.3, -0.25) is 4.79 Å². The number of carbonyl (C=O) groups excluding carboxylic acids is 1. The molecular formula is C24H30O8. The number of carbonyl (C=O) groups is 1. The van der Waals surface area contributed by atoms with Gasteiger partial charge in [0.1, 0.15) is 6.10 Å². The van der Waals surface area contributed by atoms with E-state index >= 15 is 0 Å². The van der Waals surface area contributed by atoms with E-state index in [1.54, 1.807) is 6.07 Å². The number of aromatic hydroxyl groups is 2. The summed E-state index contributed by atoms with van der Waals surface area (Å²) < 4.78 is 28.0. The second-order valence-corrected chi connectivity index (χ2v) is 7.99. The lowest BCUT2D eigenvalue weighted by atomic mass is 9.76. The fourth-order valence-corrected chi connectivity index (χ4v) is 4.49. The Kier molecular flexibility index (Phi) is 6.62. The molecule has 0 amide bonds. The largest absolute Gasteiger partial charge is 0.504 e. The van der Waals surface area contributed by atoms with Crippen molar-refractivity contribution in [1.29, 1.82) is 0 Å². The van der Waals surface area contributed by atoms with E-state index in [9.17, 15) is 15.0 Å². The van der Waals surface area contributed by atoms with Crippen molar-refractivity contribution in [2.45, 2.75) is 33.3 Å². The Morgan fingerprint density at radius 3 is 1.84 bits per heavy atom. The Morgan fingerprint density at radius 2 is 1.34 bits per heavy atom. The number of methoxy groups -OCH3 is 4. The molecule has 32 heavy (non-hydrogen) atoms. The molecule has 2 aromatic carbocycles. The predicted molar refractivity (Wildman–Crippen MR) is 118 cm³/mol. The van der Waals surface area contributed by atoms with Crippen LogP contribution < -0.4 is 18.9 Å². The van der Waals surface area contributed by atoms with Crippen LogP contribution in [0.2, 0.25) is 0 Å². The quantitative estimate of drug-likeness (QED) is 0.658. The van der Waals surface area contributed by atoms with Crippen LogP contribution >= 0.6 is 0 Å². The number of rotatable bonds is 5. The third-order valence-electron chi connectivity index (χ3n) is 6.13. The van der Waals surface area contributed by atoms with Gasteiger partial charge in [0.15, 0.2) is 23.0 Å². The van der Waals surface area contributed by atoms with Crippen LogP contribution in [0.15, 0.2) is 12.1 Å². The summed E-state index contributed by atoms with van der Waals surface area (Å²) >= 11 is 0. The van der Waals surface area contributed by atoms with Crippen molar-refractivity contribution in [3.63, 3.8) is 0 Å². The molecule has 0 fully saturated rings. The molecule has 0 aliphatic heterocycles. The minimum absolute atomic E-state index is 0.0497. The van der Waals surface area contributed by atoms with E-state index in [1.165, 1.54) is 41.4 Å². The zero-order valence-corrected chi connectivity index (χ0v) is 19.4. The third kappa shape index (κ3) is 3.74. The average Bonchev–Trinajstić information content (AvgIpc) is 2.75. The Hall–Kier alpha value is -3.29. The lowest BCUT2D eigenvalue weighted by Gasteiger charge is -2.35. The summed E-state index contributed by atoms with van der Waals surface area (Å²) in [4.78, 5) is 12.0. The van der Waals surface area contributed by atoms with Crippen LogP contribution in [-0.2, 0) is 16.0 Å². The molecule has 2 aromatic rings. The molecule has 1 aliphatic carbocycles. The topological polar surface area (TPSA) is 104 Å².